The van der Waals surface area contributed by atoms with Gasteiger partial charge in [0.2, 0.25) is 0 Å². The normalized spacial score (nSPS) is 15.1. The maximum absolute atomic E-state index is 5.42. The van der Waals surface area contributed by atoms with Gasteiger partial charge in [0.15, 0.2) is 6.79 Å². The molecule has 2 rings (SSSR count). The van der Waals surface area contributed by atoms with Crippen LogP contribution < -0.4 is 4.74 Å². The van der Waals surface area contributed by atoms with Crippen LogP contribution in [-0.4, -0.2) is 6.79 Å². The van der Waals surface area contributed by atoms with Crippen LogP contribution in [0.2, 0.25) is 0 Å². The Morgan fingerprint density at radius 1 is 1.36 bits per heavy atom. The fourth-order valence-electron chi connectivity index (χ4n) is 1.53. The minimum Gasteiger partial charge on any atom is -0.466 e. The summed E-state index contributed by atoms with van der Waals surface area (Å²) in [6, 6.07) is 4.28. The Balaban J connectivity index is 2.46. The Labute approximate surface area is 92.3 Å². The van der Waals surface area contributed by atoms with Crippen LogP contribution in [0.3, 0.4) is 0 Å². The van der Waals surface area contributed by atoms with Gasteiger partial charge in [0.05, 0.1) is 11.1 Å². The number of hydrogen-bond donors (Lipinski definition) is 0. The lowest BCUT2D eigenvalue weighted by Crippen LogP contribution is -2.12. The third-order valence-electron chi connectivity index (χ3n) is 2.35. The summed E-state index contributed by atoms with van der Waals surface area (Å²) in [5.41, 5.74) is 2.44. The van der Waals surface area contributed by atoms with Crippen molar-refractivity contribution >= 4 is 15.9 Å². The Bertz CT molecular complexity index is 347. The van der Waals surface area contributed by atoms with Gasteiger partial charge in [-0.1, -0.05) is 13.8 Å². The molecule has 1 aromatic rings. The molecule has 0 saturated heterocycles. The summed E-state index contributed by atoms with van der Waals surface area (Å²) < 4.78 is 11.7. The summed E-state index contributed by atoms with van der Waals surface area (Å²) in [6.45, 7) is 5.36. The van der Waals surface area contributed by atoms with Crippen LogP contribution >= 0.6 is 15.9 Å². The SMILES string of the molecule is CC(C)c1cc(Br)c2c(c1)COCO2. The molecule has 0 fully saturated rings. The van der Waals surface area contributed by atoms with E-state index in [9.17, 15) is 0 Å². The van der Waals surface area contributed by atoms with E-state index in [4.69, 9.17) is 9.47 Å². The zero-order valence-corrected chi connectivity index (χ0v) is 9.93. The third-order valence-corrected chi connectivity index (χ3v) is 2.94. The highest BCUT2D eigenvalue weighted by atomic mass is 79.9. The zero-order chi connectivity index (χ0) is 10.1. The van der Waals surface area contributed by atoms with Crippen molar-refractivity contribution in [3.05, 3.63) is 27.7 Å². The van der Waals surface area contributed by atoms with E-state index in [0.717, 1.165) is 15.8 Å². The lowest BCUT2D eigenvalue weighted by atomic mass is 10.0. The first-order valence-corrected chi connectivity index (χ1v) is 5.50. The second-order valence-electron chi connectivity index (χ2n) is 3.76. The topological polar surface area (TPSA) is 18.5 Å². The maximum atomic E-state index is 5.42. The standard InChI is InChI=1S/C11H13BrO2/c1-7(2)8-3-9-5-13-6-14-11(9)10(12)4-8/h3-4,7H,5-6H2,1-2H3. The second kappa shape index (κ2) is 3.91. The molecule has 14 heavy (non-hydrogen) atoms. The van der Waals surface area contributed by atoms with Gasteiger partial charge < -0.3 is 9.47 Å². The van der Waals surface area contributed by atoms with Gasteiger partial charge in [0.25, 0.3) is 0 Å². The smallest absolute Gasteiger partial charge is 0.189 e. The molecule has 0 atom stereocenters. The molecule has 0 radical (unpaired) electrons. The van der Waals surface area contributed by atoms with Gasteiger partial charge in [-0.15, -0.1) is 0 Å². The van der Waals surface area contributed by atoms with Crippen molar-refractivity contribution in [3.8, 4) is 5.75 Å². The van der Waals surface area contributed by atoms with Gasteiger partial charge in [0.1, 0.15) is 5.75 Å². The first-order chi connectivity index (χ1) is 6.68. The predicted octanol–water partition coefficient (Wildman–Crippen LogP) is 3.44. The molecule has 0 N–H and O–H groups in total. The van der Waals surface area contributed by atoms with Crippen LogP contribution in [0.1, 0.15) is 30.9 Å². The van der Waals surface area contributed by atoms with Gasteiger partial charge in [-0.3, -0.25) is 0 Å². The molecule has 0 aliphatic carbocycles. The number of hydrogen-bond acceptors (Lipinski definition) is 2. The molecule has 0 amide bonds. The van der Waals surface area contributed by atoms with E-state index in [0.29, 0.717) is 19.3 Å². The molecule has 0 spiro atoms. The van der Waals surface area contributed by atoms with Gasteiger partial charge in [0, 0.05) is 5.56 Å². The Morgan fingerprint density at radius 3 is 2.86 bits per heavy atom. The molecule has 76 valence electrons. The number of ether oxygens (including phenoxy) is 2. The van der Waals surface area contributed by atoms with Gasteiger partial charge in [-0.2, -0.15) is 0 Å². The average molecular weight is 257 g/mol. The van der Waals surface area contributed by atoms with E-state index in [1.165, 1.54) is 5.56 Å². The van der Waals surface area contributed by atoms with Crippen LogP contribution in [0, 0.1) is 0 Å². The lowest BCUT2D eigenvalue weighted by molar-refractivity contribution is -0.0169. The maximum Gasteiger partial charge on any atom is 0.189 e. The van der Waals surface area contributed by atoms with Crippen molar-refractivity contribution in [2.45, 2.75) is 26.4 Å². The monoisotopic (exact) mass is 256 g/mol. The largest absolute Gasteiger partial charge is 0.466 e. The highest BCUT2D eigenvalue weighted by Crippen LogP contribution is 2.35. The average Bonchev–Trinajstić information content (AvgIpc) is 2.17. The van der Waals surface area contributed by atoms with Gasteiger partial charge in [-0.25, -0.2) is 0 Å². The first-order valence-electron chi connectivity index (χ1n) is 4.71. The Hall–Kier alpha value is -0.540. The fraction of sp³-hybridized carbons (Fsp3) is 0.455. The summed E-state index contributed by atoms with van der Waals surface area (Å²) in [7, 11) is 0. The van der Waals surface area contributed by atoms with E-state index < -0.39 is 0 Å². The van der Waals surface area contributed by atoms with Crippen molar-refractivity contribution in [2.24, 2.45) is 0 Å². The van der Waals surface area contributed by atoms with E-state index in [1.54, 1.807) is 0 Å². The molecule has 1 aliphatic heterocycles. The minimum atomic E-state index is 0.354. The van der Waals surface area contributed by atoms with E-state index in [1.807, 2.05) is 0 Å². The molecule has 0 unspecified atom stereocenters. The van der Waals surface area contributed by atoms with Crippen molar-refractivity contribution in [1.29, 1.82) is 0 Å². The second-order valence-corrected chi connectivity index (χ2v) is 4.61. The summed E-state index contributed by atoms with van der Waals surface area (Å²) in [6.07, 6.45) is 0. The molecule has 2 nitrogen and oxygen atoms in total. The summed E-state index contributed by atoms with van der Waals surface area (Å²) in [4.78, 5) is 0. The number of benzene rings is 1. The number of halogens is 1. The molecule has 1 heterocycles. The highest BCUT2D eigenvalue weighted by Gasteiger charge is 2.15. The van der Waals surface area contributed by atoms with Crippen molar-refractivity contribution in [3.63, 3.8) is 0 Å². The molecule has 0 aromatic heterocycles. The van der Waals surface area contributed by atoms with E-state index in [-0.39, 0.29) is 0 Å². The molecule has 1 aromatic carbocycles. The Morgan fingerprint density at radius 2 is 2.14 bits per heavy atom. The minimum absolute atomic E-state index is 0.354. The predicted molar refractivity (Wildman–Crippen MR) is 58.5 cm³/mol. The van der Waals surface area contributed by atoms with Crippen molar-refractivity contribution in [1.82, 2.24) is 0 Å². The lowest BCUT2D eigenvalue weighted by Gasteiger charge is -2.20. The van der Waals surface area contributed by atoms with Gasteiger partial charge >= 0.3 is 0 Å². The molecular weight excluding hydrogens is 244 g/mol. The van der Waals surface area contributed by atoms with Crippen molar-refractivity contribution < 1.29 is 9.47 Å². The summed E-state index contributed by atoms with van der Waals surface area (Å²) in [5.74, 6) is 1.46. The van der Waals surface area contributed by atoms with Crippen LogP contribution in [0.5, 0.6) is 5.75 Å². The van der Waals surface area contributed by atoms with Crippen LogP contribution in [-0.2, 0) is 11.3 Å². The first kappa shape index (κ1) is 9.99. The quantitative estimate of drug-likeness (QED) is 0.767. The van der Waals surface area contributed by atoms with Gasteiger partial charge in [-0.05, 0) is 39.5 Å². The molecule has 3 heteroatoms. The third kappa shape index (κ3) is 1.79. The summed E-state index contributed by atoms with van der Waals surface area (Å²) >= 11 is 3.52. The Kier molecular flexibility index (Phi) is 2.79. The summed E-state index contributed by atoms with van der Waals surface area (Å²) in [5, 5.41) is 0. The number of rotatable bonds is 1. The van der Waals surface area contributed by atoms with Crippen LogP contribution in [0.25, 0.3) is 0 Å². The van der Waals surface area contributed by atoms with Crippen LogP contribution in [0.15, 0.2) is 16.6 Å². The highest BCUT2D eigenvalue weighted by molar-refractivity contribution is 9.10. The zero-order valence-electron chi connectivity index (χ0n) is 8.34. The molecular formula is C11H13BrO2. The van der Waals surface area contributed by atoms with E-state index in [2.05, 4.69) is 41.9 Å². The van der Waals surface area contributed by atoms with E-state index >= 15 is 0 Å². The number of fused-ring (bicyclic) bond motifs is 1. The van der Waals surface area contributed by atoms with Crippen molar-refractivity contribution in [2.75, 3.05) is 6.79 Å². The molecule has 0 bridgehead atoms. The molecule has 1 aliphatic rings. The molecule has 0 saturated carbocycles. The van der Waals surface area contributed by atoms with Crippen LogP contribution in [0.4, 0.5) is 0 Å². The fourth-order valence-corrected chi connectivity index (χ4v) is 2.16.